The highest BCUT2D eigenvalue weighted by Crippen LogP contribution is 2.34. The van der Waals surface area contributed by atoms with Crippen LogP contribution < -0.4 is 5.32 Å². The van der Waals surface area contributed by atoms with E-state index in [2.05, 4.69) is 10.4 Å². The lowest BCUT2D eigenvalue weighted by Crippen LogP contribution is -2.20. The van der Waals surface area contributed by atoms with Crippen molar-refractivity contribution in [2.45, 2.75) is 20.0 Å². The molecule has 0 saturated heterocycles. The minimum atomic E-state index is -4.73. The monoisotopic (exact) mass is 359 g/mol. The second kappa shape index (κ2) is 6.67. The molecule has 0 saturated carbocycles. The van der Waals surface area contributed by atoms with Crippen molar-refractivity contribution < 1.29 is 18.0 Å². The second-order valence-electron chi connectivity index (χ2n) is 5.91. The van der Waals surface area contributed by atoms with Crippen LogP contribution in [0.1, 0.15) is 27.2 Å². The Bertz CT molecular complexity index is 946. The summed E-state index contributed by atoms with van der Waals surface area (Å²) in [5.74, 6) is -0.859. The number of aryl methyl sites for hydroxylation is 2. The van der Waals surface area contributed by atoms with Gasteiger partial charge in [0.15, 0.2) is 5.69 Å². The molecule has 1 aromatic heterocycles. The van der Waals surface area contributed by atoms with Crippen molar-refractivity contribution in [3.8, 4) is 5.69 Å². The van der Waals surface area contributed by atoms with Crippen molar-refractivity contribution in [2.75, 3.05) is 5.32 Å². The summed E-state index contributed by atoms with van der Waals surface area (Å²) in [4.78, 5) is 12.5. The number of nitrogens with zero attached hydrogens (tertiary/aromatic N) is 2. The molecule has 1 heterocycles. The molecule has 0 unspecified atom stereocenters. The molecule has 0 fully saturated rings. The van der Waals surface area contributed by atoms with Crippen LogP contribution in [0.5, 0.6) is 0 Å². The number of halogens is 3. The standard InChI is InChI=1S/C19H16F3N3O/c1-12-8-9-14(10-13(12)2)24-18(26)16-11-23-25(17(16)19(20,21)22)15-6-4-3-5-7-15/h3-11H,1-2H3,(H,24,26). The molecule has 2 aromatic carbocycles. The van der Waals surface area contributed by atoms with Crippen molar-refractivity contribution in [3.05, 3.63) is 77.1 Å². The zero-order valence-electron chi connectivity index (χ0n) is 14.1. The first-order valence-corrected chi connectivity index (χ1v) is 7.86. The SMILES string of the molecule is Cc1ccc(NC(=O)c2cnn(-c3ccccc3)c2C(F)(F)F)cc1C. The number of rotatable bonds is 3. The van der Waals surface area contributed by atoms with Gasteiger partial charge in [0.25, 0.3) is 5.91 Å². The fraction of sp³-hybridized carbons (Fsp3) is 0.158. The lowest BCUT2D eigenvalue weighted by Gasteiger charge is -2.13. The Morgan fingerprint density at radius 2 is 1.73 bits per heavy atom. The number of hydrogen-bond acceptors (Lipinski definition) is 2. The van der Waals surface area contributed by atoms with E-state index in [0.29, 0.717) is 5.69 Å². The minimum Gasteiger partial charge on any atom is -0.322 e. The summed E-state index contributed by atoms with van der Waals surface area (Å²) < 4.78 is 41.5. The van der Waals surface area contributed by atoms with Gasteiger partial charge in [-0.25, -0.2) is 4.68 Å². The maximum atomic E-state index is 13.6. The van der Waals surface area contributed by atoms with Gasteiger partial charge in [-0.15, -0.1) is 0 Å². The molecule has 1 N–H and O–H groups in total. The van der Waals surface area contributed by atoms with Crippen LogP contribution in [0.3, 0.4) is 0 Å². The molecule has 7 heteroatoms. The van der Waals surface area contributed by atoms with Gasteiger partial charge in [0.1, 0.15) is 0 Å². The molecule has 0 aliphatic rings. The zero-order valence-corrected chi connectivity index (χ0v) is 14.1. The molecule has 26 heavy (non-hydrogen) atoms. The van der Waals surface area contributed by atoms with Crippen LogP contribution in [0, 0.1) is 13.8 Å². The summed E-state index contributed by atoms with van der Waals surface area (Å²) in [5, 5.41) is 6.29. The maximum absolute atomic E-state index is 13.6. The van der Waals surface area contributed by atoms with E-state index in [1.165, 1.54) is 12.1 Å². The average molecular weight is 359 g/mol. The van der Waals surface area contributed by atoms with E-state index >= 15 is 0 Å². The van der Waals surface area contributed by atoms with Gasteiger partial charge in [-0.1, -0.05) is 24.3 Å². The number of alkyl halides is 3. The number of carbonyl (C=O) groups excluding carboxylic acids is 1. The average Bonchev–Trinajstić information content (AvgIpc) is 3.04. The van der Waals surface area contributed by atoms with E-state index in [9.17, 15) is 18.0 Å². The summed E-state index contributed by atoms with van der Waals surface area (Å²) in [6, 6.07) is 13.0. The Morgan fingerprint density at radius 1 is 1.04 bits per heavy atom. The third-order valence-corrected chi connectivity index (χ3v) is 4.05. The Kier molecular flexibility index (Phi) is 4.54. The molecule has 0 atom stereocenters. The summed E-state index contributed by atoms with van der Waals surface area (Å²) in [7, 11) is 0. The Morgan fingerprint density at radius 3 is 2.35 bits per heavy atom. The van der Waals surface area contributed by atoms with Crippen molar-refractivity contribution >= 4 is 11.6 Å². The molecule has 3 aromatic rings. The highest BCUT2D eigenvalue weighted by molar-refractivity contribution is 6.05. The van der Waals surface area contributed by atoms with Crippen molar-refractivity contribution in [3.63, 3.8) is 0 Å². The molecule has 0 bridgehead atoms. The first kappa shape index (κ1) is 17.7. The molecule has 1 amide bonds. The normalized spacial score (nSPS) is 11.4. The van der Waals surface area contributed by atoms with Crippen LogP contribution in [0.25, 0.3) is 5.69 Å². The number of benzene rings is 2. The quantitative estimate of drug-likeness (QED) is 0.733. The smallest absolute Gasteiger partial charge is 0.322 e. The van der Waals surface area contributed by atoms with Gasteiger partial charge < -0.3 is 5.32 Å². The van der Waals surface area contributed by atoms with Gasteiger partial charge in [-0.3, -0.25) is 4.79 Å². The van der Waals surface area contributed by atoms with Gasteiger partial charge in [0.2, 0.25) is 0 Å². The molecule has 3 rings (SSSR count). The highest BCUT2D eigenvalue weighted by atomic mass is 19.4. The lowest BCUT2D eigenvalue weighted by molar-refractivity contribution is -0.143. The van der Waals surface area contributed by atoms with Crippen molar-refractivity contribution in [1.82, 2.24) is 9.78 Å². The predicted octanol–water partition coefficient (Wildman–Crippen LogP) is 4.76. The number of para-hydroxylation sites is 1. The minimum absolute atomic E-state index is 0.227. The van der Waals surface area contributed by atoms with E-state index in [-0.39, 0.29) is 5.69 Å². The van der Waals surface area contributed by atoms with Crippen LogP contribution >= 0.6 is 0 Å². The zero-order chi connectivity index (χ0) is 18.9. The van der Waals surface area contributed by atoms with Gasteiger partial charge in [-0.05, 0) is 49.2 Å². The number of amides is 1. The molecule has 134 valence electrons. The Balaban J connectivity index is 2.00. The fourth-order valence-electron chi connectivity index (χ4n) is 2.57. The summed E-state index contributed by atoms with van der Waals surface area (Å²) in [5.41, 5.74) is 0.975. The molecule has 0 radical (unpaired) electrons. The van der Waals surface area contributed by atoms with Crippen molar-refractivity contribution in [2.24, 2.45) is 0 Å². The molecule has 4 nitrogen and oxygen atoms in total. The fourth-order valence-corrected chi connectivity index (χ4v) is 2.57. The Hall–Kier alpha value is -3.09. The largest absolute Gasteiger partial charge is 0.434 e. The van der Waals surface area contributed by atoms with E-state index in [1.807, 2.05) is 13.8 Å². The van der Waals surface area contributed by atoms with Crippen LogP contribution in [-0.4, -0.2) is 15.7 Å². The number of anilines is 1. The highest BCUT2D eigenvalue weighted by Gasteiger charge is 2.40. The Labute approximate surface area is 148 Å². The number of carbonyl (C=O) groups is 1. The third kappa shape index (κ3) is 3.46. The number of hydrogen-bond donors (Lipinski definition) is 1. The number of nitrogens with one attached hydrogen (secondary N) is 1. The van der Waals surface area contributed by atoms with E-state index in [4.69, 9.17) is 0 Å². The van der Waals surface area contributed by atoms with Gasteiger partial charge in [0, 0.05) is 5.69 Å². The topological polar surface area (TPSA) is 46.9 Å². The predicted molar refractivity (Wildman–Crippen MR) is 92.4 cm³/mol. The first-order chi connectivity index (χ1) is 12.3. The van der Waals surface area contributed by atoms with Crippen LogP contribution in [0.4, 0.5) is 18.9 Å². The van der Waals surface area contributed by atoms with E-state index < -0.39 is 23.3 Å². The second-order valence-corrected chi connectivity index (χ2v) is 5.91. The van der Waals surface area contributed by atoms with Gasteiger partial charge in [0.05, 0.1) is 17.4 Å². The summed E-state index contributed by atoms with van der Waals surface area (Å²) >= 11 is 0. The lowest BCUT2D eigenvalue weighted by atomic mass is 10.1. The summed E-state index contributed by atoms with van der Waals surface area (Å²) in [6.45, 7) is 3.77. The molecule has 0 spiro atoms. The van der Waals surface area contributed by atoms with Gasteiger partial charge >= 0.3 is 6.18 Å². The summed E-state index contributed by atoms with van der Waals surface area (Å²) in [6.07, 6.45) is -3.80. The van der Waals surface area contributed by atoms with Crippen molar-refractivity contribution in [1.29, 1.82) is 0 Å². The van der Waals surface area contributed by atoms with Crippen LogP contribution in [0.15, 0.2) is 54.7 Å². The van der Waals surface area contributed by atoms with Crippen LogP contribution in [0.2, 0.25) is 0 Å². The molecule has 0 aliphatic heterocycles. The van der Waals surface area contributed by atoms with E-state index in [0.717, 1.165) is 22.0 Å². The third-order valence-electron chi connectivity index (χ3n) is 4.05. The molecular formula is C19H16F3N3O. The van der Waals surface area contributed by atoms with Crippen LogP contribution in [-0.2, 0) is 6.18 Å². The maximum Gasteiger partial charge on any atom is 0.434 e. The van der Waals surface area contributed by atoms with Gasteiger partial charge in [-0.2, -0.15) is 18.3 Å². The van der Waals surface area contributed by atoms with E-state index in [1.54, 1.807) is 36.4 Å². The first-order valence-electron chi connectivity index (χ1n) is 7.86. The molecule has 0 aliphatic carbocycles. The number of aromatic nitrogens is 2. The molecular weight excluding hydrogens is 343 g/mol.